The Bertz CT molecular complexity index is 417. The molecule has 0 N–H and O–H groups in total. The van der Waals surface area contributed by atoms with Gasteiger partial charge in [-0.2, -0.15) is 0 Å². The van der Waals surface area contributed by atoms with Crippen molar-refractivity contribution in [2.45, 2.75) is 40.0 Å². The zero-order valence-electron chi connectivity index (χ0n) is 13.7. The molecule has 1 aliphatic carbocycles. The summed E-state index contributed by atoms with van der Waals surface area (Å²) in [6.07, 6.45) is 9.24. The molecule has 2 aliphatic rings. The molecule has 0 saturated carbocycles. The third-order valence-electron chi connectivity index (χ3n) is 4.84. The molecule has 0 bridgehead atoms. The fourth-order valence-corrected chi connectivity index (χ4v) is 3.36. The minimum Gasteiger partial charge on any atom is -0.379 e. The van der Waals surface area contributed by atoms with E-state index in [4.69, 9.17) is 4.74 Å². The Morgan fingerprint density at radius 1 is 1.43 bits per heavy atom. The van der Waals surface area contributed by atoms with Crippen LogP contribution in [0.15, 0.2) is 23.8 Å². The van der Waals surface area contributed by atoms with E-state index >= 15 is 0 Å². The number of ketones is 1. The van der Waals surface area contributed by atoms with Gasteiger partial charge in [0.2, 0.25) is 0 Å². The summed E-state index contributed by atoms with van der Waals surface area (Å²) in [5.74, 6) is 0.647. The number of carbonyl (C=O) groups is 1. The van der Waals surface area contributed by atoms with Crippen molar-refractivity contribution in [3.05, 3.63) is 23.8 Å². The van der Waals surface area contributed by atoms with E-state index in [1.165, 1.54) is 12.0 Å². The zero-order valence-corrected chi connectivity index (χ0v) is 13.7. The molecule has 1 heterocycles. The maximum Gasteiger partial charge on any atom is 0.156 e. The average Bonchev–Trinajstić information content (AvgIpc) is 2.45. The van der Waals surface area contributed by atoms with Crippen molar-refractivity contribution in [3.8, 4) is 0 Å². The predicted molar refractivity (Wildman–Crippen MR) is 86.3 cm³/mol. The highest BCUT2D eigenvalue weighted by Crippen LogP contribution is 2.41. The van der Waals surface area contributed by atoms with Crippen molar-refractivity contribution >= 4 is 5.78 Å². The first-order valence-corrected chi connectivity index (χ1v) is 8.17. The van der Waals surface area contributed by atoms with Crippen molar-refractivity contribution in [3.63, 3.8) is 0 Å². The van der Waals surface area contributed by atoms with E-state index in [1.54, 1.807) is 0 Å². The molecule has 3 heteroatoms. The summed E-state index contributed by atoms with van der Waals surface area (Å²) in [5, 5.41) is 0. The molecule has 0 radical (unpaired) electrons. The number of morpholine rings is 1. The van der Waals surface area contributed by atoms with Crippen LogP contribution >= 0.6 is 0 Å². The van der Waals surface area contributed by atoms with Gasteiger partial charge in [-0.25, -0.2) is 0 Å². The van der Waals surface area contributed by atoms with E-state index < -0.39 is 0 Å². The lowest BCUT2D eigenvalue weighted by Gasteiger charge is -2.36. The van der Waals surface area contributed by atoms with Crippen LogP contribution in [-0.2, 0) is 9.53 Å². The number of carbonyl (C=O) groups excluding carboxylic acids is 1. The second-order valence-corrected chi connectivity index (χ2v) is 6.98. The van der Waals surface area contributed by atoms with Crippen molar-refractivity contribution in [1.29, 1.82) is 0 Å². The second kappa shape index (κ2) is 7.37. The fraction of sp³-hybridized carbons (Fsp3) is 0.722. The third-order valence-corrected chi connectivity index (χ3v) is 4.84. The lowest BCUT2D eigenvalue weighted by molar-refractivity contribution is -0.115. The van der Waals surface area contributed by atoms with Gasteiger partial charge in [0.05, 0.1) is 13.2 Å². The monoisotopic (exact) mass is 291 g/mol. The van der Waals surface area contributed by atoms with Crippen LogP contribution in [0.2, 0.25) is 0 Å². The summed E-state index contributed by atoms with van der Waals surface area (Å²) >= 11 is 0. The highest BCUT2D eigenvalue weighted by molar-refractivity contribution is 5.89. The van der Waals surface area contributed by atoms with Gasteiger partial charge >= 0.3 is 0 Å². The molecule has 3 nitrogen and oxygen atoms in total. The predicted octanol–water partition coefficient (Wildman–Crippen LogP) is 3.22. The summed E-state index contributed by atoms with van der Waals surface area (Å²) in [6.45, 7) is 11.1. The molecule has 1 atom stereocenters. The summed E-state index contributed by atoms with van der Waals surface area (Å²) in [7, 11) is 0. The lowest BCUT2D eigenvalue weighted by Crippen LogP contribution is -2.37. The van der Waals surface area contributed by atoms with Crippen molar-refractivity contribution in [2.24, 2.45) is 11.3 Å². The molecule has 0 aromatic rings. The zero-order chi connectivity index (χ0) is 15.3. The number of hydrogen-bond donors (Lipinski definition) is 0. The highest BCUT2D eigenvalue weighted by atomic mass is 16.5. The van der Waals surface area contributed by atoms with Crippen LogP contribution in [0.4, 0.5) is 0 Å². The molecule has 0 spiro atoms. The Hall–Kier alpha value is -0.930. The molecule has 1 unspecified atom stereocenters. The number of allylic oxidation sites excluding steroid dienone is 4. The van der Waals surface area contributed by atoms with Crippen LogP contribution in [0.25, 0.3) is 0 Å². The van der Waals surface area contributed by atoms with Crippen molar-refractivity contribution in [1.82, 2.24) is 4.90 Å². The van der Waals surface area contributed by atoms with Crippen LogP contribution in [0.5, 0.6) is 0 Å². The van der Waals surface area contributed by atoms with Crippen LogP contribution in [-0.4, -0.2) is 43.5 Å². The lowest BCUT2D eigenvalue weighted by atomic mass is 9.68. The maximum absolute atomic E-state index is 12.1. The molecule has 1 saturated heterocycles. The van der Waals surface area contributed by atoms with Gasteiger partial charge in [-0.05, 0) is 31.3 Å². The van der Waals surface area contributed by atoms with Crippen LogP contribution < -0.4 is 0 Å². The molecule has 0 aromatic heterocycles. The van der Waals surface area contributed by atoms with E-state index in [-0.39, 0.29) is 11.2 Å². The molecular weight excluding hydrogens is 262 g/mol. The fourth-order valence-electron chi connectivity index (χ4n) is 3.36. The van der Waals surface area contributed by atoms with Gasteiger partial charge in [-0.15, -0.1) is 0 Å². The molecule has 0 amide bonds. The molecule has 0 aromatic carbocycles. The van der Waals surface area contributed by atoms with Crippen molar-refractivity contribution in [2.75, 3.05) is 32.8 Å². The molecule has 21 heavy (non-hydrogen) atoms. The van der Waals surface area contributed by atoms with E-state index in [2.05, 4.69) is 37.8 Å². The molecular formula is C18H29NO2. The Balaban J connectivity index is 1.83. The van der Waals surface area contributed by atoms with Gasteiger partial charge in [0, 0.05) is 32.0 Å². The first-order chi connectivity index (χ1) is 9.99. The Morgan fingerprint density at radius 3 is 2.81 bits per heavy atom. The third kappa shape index (κ3) is 4.79. The van der Waals surface area contributed by atoms with Gasteiger partial charge in [-0.1, -0.05) is 31.6 Å². The Labute approximate surface area is 129 Å². The number of hydrogen-bond acceptors (Lipinski definition) is 3. The smallest absolute Gasteiger partial charge is 0.156 e. The molecule has 2 rings (SSSR count). The molecule has 118 valence electrons. The van der Waals surface area contributed by atoms with Gasteiger partial charge in [0.15, 0.2) is 5.78 Å². The van der Waals surface area contributed by atoms with Crippen LogP contribution in [0, 0.1) is 11.3 Å². The van der Waals surface area contributed by atoms with Gasteiger partial charge in [0.1, 0.15) is 0 Å². The number of rotatable bonds is 5. The maximum atomic E-state index is 12.1. The van der Waals surface area contributed by atoms with Crippen molar-refractivity contribution < 1.29 is 9.53 Å². The summed E-state index contributed by atoms with van der Waals surface area (Å²) < 4.78 is 5.32. The summed E-state index contributed by atoms with van der Waals surface area (Å²) in [6, 6.07) is 0. The molecule has 1 aliphatic heterocycles. The SMILES string of the molecule is CC1=CCCC(C)(C)C1/C=C/C(=O)CCN1CCOCC1. The summed E-state index contributed by atoms with van der Waals surface area (Å²) in [5.41, 5.74) is 1.67. The first kappa shape index (κ1) is 16.4. The van der Waals surface area contributed by atoms with Gasteiger partial charge in [-0.3, -0.25) is 9.69 Å². The molecule has 1 fully saturated rings. The number of ether oxygens (including phenoxy) is 1. The highest BCUT2D eigenvalue weighted by Gasteiger charge is 2.30. The Kier molecular flexibility index (Phi) is 5.77. The standard InChI is InChI=1S/C18H29NO2/c1-15-5-4-9-18(2,3)17(15)7-6-16(20)8-10-19-11-13-21-14-12-19/h5-7,17H,4,8-14H2,1-3H3/b7-6+. The summed E-state index contributed by atoms with van der Waals surface area (Å²) in [4.78, 5) is 14.4. The Morgan fingerprint density at radius 2 is 2.14 bits per heavy atom. The number of nitrogens with zero attached hydrogens (tertiary/aromatic N) is 1. The minimum atomic E-state index is 0.246. The quantitative estimate of drug-likeness (QED) is 0.575. The minimum absolute atomic E-state index is 0.246. The van der Waals surface area contributed by atoms with Gasteiger partial charge in [0.25, 0.3) is 0 Å². The van der Waals surface area contributed by atoms with E-state index in [9.17, 15) is 4.79 Å². The first-order valence-electron chi connectivity index (χ1n) is 8.17. The average molecular weight is 291 g/mol. The largest absolute Gasteiger partial charge is 0.379 e. The van der Waals surface area contributed by atoms with E-state index in [0.717, 1.165) is 39.3 Å². The van der Waals surface area contributed by atoms with Gasteiger partial charge < -0.3 is 4.74 Å². The van der Waals surface area contributed by atoms with Crippen LogP contribution in [0.3, 0.4) is 0 Å². The normalized spacial score (nSPS) is 26.8. The van der Waals surface area contributed by atoms with E-state index in [1.807, 2.05) is 6.08 Å². The second-order valence-electron chi connectivity index (χ2n) is 6.98. The van der Waals surface area contributed by atoms with Crippen LogP contribution in [0.1, 0.15) is 40.0 Å². The van der Waals surface area contributed by atoms with E-state index in [0.29, 0.717) is 12.3 Å². The topological polar surface area (TPSA) is 29.5 Å².